The van der Waals surface area contributed by atoms with Crippen LogP contribution < -0.4 is 57.3 Å². The molecule has 0 N–H and O–H groups in total. The van der Waals surface area contributed by atoms with E-state index in [1.54, 1.807) is 0 Å². The third-order valence-corrected chi connectivity index (χ3v) is 15.4. The van der Waals surface area contributed by atoms with E-state index in [-0.39, 0.29) is 13.4 Å². The molecule has 6 nitrogen and oxygen atoms in total. The first-order valence-corrected chi connectivity index (χ1v) is 25.6. The molecule has 4 aliphatic rings. The van der Waals surface area contributed by atoms with Crippen molar-refractivity contribution < 1.29 is 0 Å². The van der Waals surface area contributed by atoms with Crippen molar-refractivity contribution in [1.82, 2.24) is 4.98 Å². The van der Waals surface area contributed by atoms with Crippen LogP contribution in [0.25, 0.3) is 0 Å². The van der Waals surface area contributed by atoms with E-state index in [2.05, 4.69) is 285 Å². The molecule has 15 rings (SSSR count). The van der Waals surface area contributed by atoms with Crippen LogP contribution in [0.4, 0.5) is 85.6 Å². The first-order chi connectivity index (χ1) is 36.7. The van der Waals surface area contributed by atoms with Crippen LogP contribution in [0.1, 0.15) is 0 Å². The molecule has 0 radical (unpaired) electrons. The lowest BCUT2D eigenvalue weighted by Crippen LogP contribution is -2.65. The van der Waals surface area contributed by atoms with Gasteiger partial charge in [-0.2, -0.15) is 0 Å². The van der Waals surface area contributed by atoms with Gasteiger partial charge in [-0.15, -0.1) is 0 Å². The molecule has 9 heteroatoms. The summed E-state index contributed by atoms with van der Waals surface area (Å²) < 4.78 is 0. The molecule has 0 amide bonds. The minimum absolute atomic E-state index is 0.120. The zero-order chi connectivity index (χ0) is 48.9. The summed E-state index contributed by atoms with van der Waals surface area (Å²) in [7, 11) is 0. The monoisotopic (exact) mass is 964 g/mol. The van der Waals surface area contributed by atoms with Crippen LogP contribution in [-0.4, -0.2) is 18.4 Å². The quantitative estimate of drug-likeness (QED) is 0.148. The van der Waals surface area contributed by atoms with Crippen LogP contribution in [0, 0.1) is 0 Å². The Morgan fingerprint density at radius 1 is 0.311 bits per heavy atom. The van der Waals surface area contributed by atoms with E-state index in [4.69, 9.17) is 16.6 Å². The number of aromatic nitrogens is 1. The number of hydrogen-bond acceptors (Lipinski definition) is 6. The summed E-state index contributed by atoms with van der Waals surface area (Å²) in [4.78, 5) is 18.0. The van der Waals surface area contributed by atoms with Crippen molar-refractivity contribution in [3.63, 3.8) is 0 Å². The van der Waals surface area contributed by atoms with Gasteiger partial charge in [0.1, 0.15) is 11.6 Å². The third kappa shape index (κ3) is 6.45. The maximum absolute atomic E-state index is 7.38. The summed E-state index contributed by atoms with van der Waals surface area (Å²) in [5, 5.41) is 0.674. The molecule has 74 heavy (non-hydrogen) atoms. The molecule has 5 heterocycles. The maximum Gasteiger partial charge on any atom is 0.254 e. The minimum Gasteiger partial charge on any atom is -0.311 e. The molecular weight excluding hydrogens is 922 g/mol. The number of fused-ring (bicyclic) bond motifs is 8. The van der Waals surface area contributed by atoms with Gasteiger partial charge in [-0.25, -0.2) is 4.98 Å². The molecule has 10 aromatic carbocycles. The third-order valence-electron chi connectivity index (χ3n) is 15.2. The molecule has 1 aromatic heterocycles. The normalized spacial score (nSPS) is 13.3. The summed E-state index contributed by atoms with van der Waals surface area (Å²) in [5.41, 5.74) is 21.2. The highest BCUT2D eigenvalue weighted by Crippen LogP contribution is 2.50. The van der Waals surface area contributed by atoms with Crippen molar-refractivity contribution in [2.24, 2.45) is 0 Å². The standard InChI is InChI=1S/C65H43B2ClN6/c68-44-39-59-63-60(40-44)73(49-31-15-5-16-32-49)57-42-58-54(41-53(57)66(63)51-35-19-21-37-55(51)71(59)47-27-11-3-12-28-47)67-52-36-20-22-38-56(52)72(48-29-13-4-14-30-48)61-43-62(69-65(64(61)67)74(58)50-33-17-6-18-34-50)70(45-23-7-1-8-24-45)46-25-9-2-10-26-46/h1-43H. The van der Waals surface area contributed by atoms with Crippen LogP contribution in [0.5, 0.6) is 0 Å². The molecular formula is C65H43B2ClN6. The highest BCUT2D eigenvalue weighted by molar-refractivity contribution is 7.03. The number of rotatable bonds is 7. The number of benzene rings is 10. The average molecular weight is 965 g/mol. The number of nitrogens with zero attached hydrogens (tertiary/aromatic N) is 6. The Balaban J connectivity index is 1.07. The first-order valence-electron chi connectivity index (χ1n) is 25.2. The van der Waals surface area contributed by atoms with Gasteiger partial charge < -0.3 is 14.7 Å². The van der Waals surface area contributed by atoms with Crippen LogP contribution in [-0.2, 0) is 0 Å². The summed E-state index contributed by atoms with van der Waals surface area (Å²) in [6, 6.07) is 93.9. The smallest absolute Gasteiger partial charge is 0.254 e. The number of hydrogen-bond donors (Lipinski definition) is 0. The van der Waals surface area contributed by atoms with Crippen LogP contribution in [0.3, 0.4) is 0 Å². The molecule has 0 spiro atoms. The second kappa shape index (κ2) is 16.9. The maximum atomic E-state index is 7.38. The Morgan fingerprint density at radius 3 is 1.15 bits per heavy atom. The van der Waals surface area contributed by atoms with E-state index in [0.29, 0.717) is 5.02 Å². The molecule has 0 bridgehead atoms. The Labute approximate surface area is 436 Å². The number of anilines is 15. The SMILES string of the molecule is Clc1cc2c3c(c1)N(c1ccccc1)c1cc4c(cc1B3c1ccccc1N2c1ccccc1)B1c2ccccc2N(c2ccccc2)c2cc(N(c3ccccc3)c3ccccc3)nc(c21)N4c1ccccc1. The Kier molecular flexibility index (Phi) is 9.72. The summed E-state index contributed by atoms with van der Waals surface area (Å²) in [6.07, 6.45) is 0. The zero-order valence-corrected chi connectivity index (χ0v) is 40.8. The number of pyridine rings is 1. The van der Waals surface area contributed by atoms with Gasteiger partial charge >= 0.3 is 0 Å². The predicted molar refractivity (Wildman–Crippen MR) is 312 cm³/mol. The first kappa shape index (κ1) is 42.5. The van der Waals surface area contributed by atoms with Crippen molar-refractivity contribution in [3.8, 4) is 0 Å². The van der Waals surface area contributed by atoms with E-state index in [1.165, 1.54) is 27.3 Å². The largest absolute Gasteiger partial charge is 0.311 e. The fourth-order valence-corrected chi connectivity index (χ4v) is 12.5. The number of para-hydroxylation sites is 8. The Bertz CT molecular complexity index is 3920. The molecule has 11 aromatic rings. The molecule has 4 aliphatic heterocycles. The van der Waals surface area contributed by atoms with E-state index < -0.39 is 0 Å². The van der Waals surface area contributed by atoms with Crippen LogP contribution in [0.15, 0.2) is 261 Å². The summed E-state index contributed by atoms with van der Waals surface area (Å²) in [5.74, 6) is 1.68. The van der Waals surface area contributed by atoms with Crippen LogP contribution in [0.2, 0.25) is 5.02 Å². The van der Waals surface area contributed by atoms with Gasteiger partial charge in [0, 0.05) is 85.0 Å². The van der Waals surface area contributed by atoms with Gasteiger partial charge in [-0.05, 0) is 136 Å². The molecule has 0 unspecified atom stereocenters. The molecule has 0 fully saturated rings. The Hall–Kier alpha value is -9.23. The van der Waals surface area contributed by atoms with Crippen LogP contribution >= 0.6 is 11.6 Å². The zero-order valence-electron chi connectivity index (χ0n) is 40.0. The van der Waals surface area contributed by atoms with Crippen molar-refractivity contribution >= 4 is 143 Å². The molecule has 0 saturated carbocycles. The van der Waals surface area contributed by atoms with Crippen molar-refractivity contribution in [1.29, 1.82) is 0 Å². The van der Waals surface area contributed by atoms with Gasteiger partial charge in [0.2, 0.25) is 0 Å². The Morgan fingerprint density at radius 2 is 0.676 bits per heavy atom. The molecule has 346 valence electrons. The van der Waals surface area contributed by atoms with Gasteiger partial charge in [0.15, 0.2) is 0 Å². The van der Waals surface area contributed by atoms with E-state index in [1.807, 2.05) is 0 Å². The lowest BCUT2D eigenvalue weighted by molar-refractivity contribution is 1.13. The second-order valence-electron chi connectivity index (χ2n) is 19.2. The minimum atomic E-state index is -0.184. The average Bonchev–Trinajstić information content (AvgIpc) is 3.46. The van der Waals surface area contributed by atoms with E-state index in [0.717, 1.165) is 91.0 Å². The molecule has 0 saturated heterocycles. The number of halogens is 1. The highest BCUT2D eigenvalue weighted by atomic mass is 35.5. The summed E-state index contributed by atoms with van der Waals surface area (Å²) >= 11 is 7.38. The van der Waals surface area contributed by atoms with Gasteiger partial charge in [0.05, 0.1) is 0 Å². The molecule has 0 aliphatic carbocycles. The predicted octanol–water partition coefficient (Wildman–Crippen LogP) is 13.4. The summed E-state index contributed by atoms with van der Waals surface area (Å²) in [6.45, 7) is -0.305. The lowest BCUT2D eigenvalue weighted by Gasteiger charge is -2.47. The van der Waals surface area contributed by atoms with Crippen molar-refractivity contribution in [2.75, 3.05) is 24.5 Å². The van der Waals surface area contributed by atoms with Crippen molar-refractivity contribution in [2.45, 2.75) is 0 Å². The lowest BCUT2D eigenvalue weighted by atomic mass is 9.30. The van der Waals surface area contributed by atoms with Gasteiger partial charge in [0.25, 0.3) is 13.4 Å². The second-order valence-corrected chi connectivity index (χ2v) is 19.7. The fraction of sp³-hybridized carbons (Fsp3) is 0. The van der Waals surface area contributed by atoms with E-state index >= 15 is 0 Å². The van der Waals surface area contributed by atoms with Gasteiger partial charge in [-0.1, -0.05) is 163 Å². The topological polar surface area (TPSA) is 29.1 Å². The molecule has 0 atom stereocenters. The fourth-order valence-electron chi connectivity index (χ4n) is 12.3. The van der Waals surface area contributed by atoms with E-state index in [9.17, 15) is 0 Å². The van der Waals surface area contributed by atoms with Crippen molar-refractivity contribution in [3.05, 3.63) is 266 Å². The van der Waals surface area contributed by atoms with Gasteiger partial charge in [-0.3, -0.25) is 9.80 Å². The highest BCUT2D eigenvalue weighted by Gasteiger charge is 2.49.